The van der Waals surface area contributed by atoms with Crippen LogP contribution in [0.3, 0.4) is 0 Å². The van der Waals surface area contributed by atoms with Crippen molar-refractivity contribution in [2.45, 2.75) is 25.5 Å². The molecule has 2 aromatic rings. The van der Waals surface area contributed by atoms with E-state index in [1.807, 2.05) is 6.26 Å². The molecule has 0 bridgehead atoms. The van der Waals surface area contributed by atoms with E-state index in [0.29, 0.717) is 16.5 Å². The van der Waals surface area contributed by atoms with Crippen LogP contribution in [0.25, 0.3) is 0 Å². The second-order valence-electron chi connectivity index (χ2n) is 6.90. The topological polar surface area (TPSA) is 92.8 Å². The quantitative estimate of drug-likeness (QED) is 0.477. The van der Waals surface area contributed by atoms with Crippen molar-refractivity contribution in [3.8, 4) is 0 Å². The van der Waals surface area contributed by atoms with E-state index in [1.54, 1.807) is 48.5 Å². The van der Waals surface area contributed by atoms with Crippen LogP contribution in [0.4, 0.5) is 5.69 Å². The lowest BCUT2D eigenvalue weighted by Crippen LogP contribution is -2.47. The number of rotatable bonds is 8. The van der Waals surface area contributed by atoms with E-state index in [4.69, 9.17) is 16.3 Å². The number of amides is 3. The third-order valence-electron chi connectivity index (χ3n) is 4.76. The number of carbonyl (C=O) groups is 4. The molecule has 31 heavy (non-hydrogen) atoms. The summed E-state index contributed by atoms with van der Waals surface area (Å²) in [5.41, 5.74) is 0.960. The van der Waals surface area contributed by atoms with E-state index in [-0.39, 0.29) is 17.5 Å². The maximum Gasteiger partial charge on any atom is 0.330 e. The average Bonchev–Trinajstić information content (AvgIpc) is 2.99. The van der Waals surface area contributed by atoms with Crippen LogP contribution in [-0.4, -0.2) is 52.7 Å². The number of halogens is 1. The fourth-order valence-electron chi connectivity index (χ4n) is 3.19. The highest BCUT2D eigenvalue weighted by Crippen LogP contribution is 2.27. The lowest BCUT2D eigenvalue weighted by Gasteiger charge is -2.25. The van der Waals surface area contributed by atoms with E-state index in [0.717, 1.165) is 4.90 Å². The van der Waals surface area contributed by atoms with Gasteiger partial charge in [-0.1, -0.05) is 29.8 Å². The van der Waals surface area contributed by atoms with Gasteiger partial charge < -0.3 is 10.1 Å². The second kappa shape index (κ2) is 9.98. The van der Waals surface area contributed by atoms with Crippen molar-refractivity contribution < 1.29 is 23.9 Å². The molecule has 7 nitrogen and oxygen atoms in total. The second-order valence-corrected chi connectivity index (χ2v) is 8.32. The van der Waals surface area contributed by atoms with Gasteiger partial charge in [-0.25, -0.2) is 4.79 Å². The van der Waals surface area contributed by atoms with Crippen LogP contribution >= 0.6 is 23.4 Å². The third-order valence-corrected chi connectivity index (χ3v) is 5.64. The van der Waals surface area contributed by atoms with Crippen LogP contribution < -0.4 is 5.32 Å². The number of hydrogen-bond donors (Lipinski definition) is 1. The van der Waals surface area contributed by atoms with Crippen molar-refractivity contribution in [2.75, 3.05) is 17.3 Å². The summed E-state index contributed by atoms with van der Waals surface area (Å²) in [4.78, 5) is 51.9. The molecule has 1 aliphatic rings. The fraction of sp³-hybridized carbons (Fsp3) is 0.273. The van der Waals surface area contributed by atoms with E-state index in [2.05, 4.69) is 5.32 Å². The van der Waals surface area contributed by atoms with Crippen LogP contribution in [0.15, 0.2) is 48.5 Å². The Bertz CT molecular complexity index is 993. The number of fused-ring (bicyclic) bond motifs is 1. The van der Waals surface area contributed by atoms with Crippen LogP contribution in [0, 0.1) is 0 Å². The Morgan fingerprint density at radius 2 is 1.74 bits per heavy atom. The molecule has 0 saturated carbocycles. The Kier molecular flexibility index (Phi) is 7.35. The van der Waals surface area contributed by atoms with Crippen LogP contribution in [0.1, 0.15) is 34.1 Å². The number of benzene rings is 2. The summed E-state index contributed by atoms with van der Waals surface area (Å²) in [6.45, 7) is 1.42. The Balaban J connectivity index is 1.73. The molecule has 162 valence electrons. The van der Waals surface area contributed by atoms with Crippen molar-refractivity contribution in [1.29, 1.82) is 0 Å². The molecular formula is C22H21ClN2O5S. The largest absolute Gasteiger partial charge is 0.451 e. The first-order chi connectivity index (χ1) is 14.8. The fourth-order valence-corrected chi connectivity index (χ4v) is 3.84. The van der Waals surface area contributed by atoms with Crippen molar-refractivity contribution in [3.63, 3.8) is 0 Å². The highest BCUT2D eigenvalue weighted by atomic mass is 35.5. The first-order valence-electron chi connectivity index (χ1n) is 9.56. The zero-order chi connectivity index (χ0) is 22.5. The average molecular weight is 461 g/mol. The van der Waals surface area contributed by atoms with Crippen molar-refractivity contribution in [3.05, 3.63) is 64.7 Å². The van der Waals surface area contributed by atoms with Gasteiger partial charge in [-0.2, -0.15) is 11.8 Å². The standard InChI is InChI=1S/C22H21ClN2O5S/c1-13(19(26)24-15-7-5-6-14(23)12-15)30-22(29)18(10-11-31-2)25-20(27)16-8-3-4-9-17(16)21(25)28/h3-9,12-13,18H,10-11H2,1-2H3,(H,24,26)/t13-,18+/m0/s1. The van der Waals surface area contributed by atoms with E-state index in [1.165, 1.54) is 18.7 Å². The number of esters is 1. The summed E-state index contributed by atoms with van der Waals surface area (Å²) < 4.78 is 5.34. The number of hydrogen-bond acceptors (Lipinski definition) is 6. The SMILES string of the molecule is CSCC[C@H](C(=O)O[C@@H](C)C(=O)Nc1cccc(Cl)c1)N1C(=O)c2ccccc2C1=O. The number of anilines is 1. The lowest BCUT2D eigenvalue weighted by atomic mass is 10.1. The molecular weight excluding hydrogens is 440 g/mol. The molecule has 1 N–H and O–H groups in total. The Morgan fingerprint density at radius 1 is 1.10 bits per heavy atom. The molecule has 3 rings (SSSR count). The molecule has 1 aliphatic heterocycles. The Hall–Kier alpha value is -2.84. The molecule has 0 saturated heterocycles. The maximum absolute atomic E-state index is 12.9. The molecule has 2 aromatic carbocycles. The minimum absolute atomic E-state index is 0.216. The number of ether oxygens (including phenoxy) is 1. The van der Waals surface area contributed by atoms with Crippen LogP contribution in [0.2, 0.25) is 5.02 Å². The lowest BCUT2D eigenvalue weighted by molar-refractivity contribution is -0.157. The van der Waals surface area contributed by atoms with Gasteiger partial charge in [0.1, 0.15) is 6.04 Å². The van der Waals surface area contributed by atoms with Crippen molar-refractivity contribution in [1.82, 2.24) is 4.90 Å². The molecule has 2 atom stereocenters. The summed E-state index contributed by atoms with van der Waals surface area (Å²) in [5, 5.41) is 3.07. The maximum atomic E-state index is 12.9. The monoisotopic (exact) mass is 460 g/mol. The smallest absolute Gasteiger partial charge is 0.330 e. The molecule has 0 aliphatic carbocycles. The van der Waals surface area contributed by atoms with Crippen molar-refractivity contribution >= 4 is 52.7 Å². The molecule has 0 aromatic heterocycles. The van der Waals surface area contributed by atoms with Crippen LogP contribution in [0.5, 0.6) is 0 Å². The molecule has 9 heteroatoms. The van der Waals surface area contributed by atoms with Gasteiger partial charge in [0.05, 0.1) is 11.1 Å². The van der Waals surface area contributed by atoms with Gasteiger partial charge in [0, 0.05) is 10.7 Å². The number of nitrogens with one attached hydrogen (secondary N) is 1. The molecule has 0 spiro atoms. The molecule has 1 heterocycles. The van der Waals surface area contributed by atoms with Gasteiger partial charge in [-0.05, 0) is 55.7 Å². The normalized spacial score (nSPS) is 14.7. The third kappa shape index (κ3) is 5.08. The van der Waals surface area contributed by atoms with E-state index < -0.39 is 35.8 Å². The zero-order valence-corrected chi connectivity index (χ0v) is 18.5. The van der Waals surface area contributed by atoms with Gasteiger partial charge in [-0.3, -0.25) is 19.3 Å². The first kappa shape index (κ1) is 22.8. The van der Waals surface area contributed by atoms with Gasteiger partial charge in [0.25, 0.3) is 17.7 Å². The predicted octanol–water partition coefficient (Wildman–Crippen LogP) is 3.63. The number of imide groups is 1. The minimum atomic E-state index is -1.14. The highest BCUT2D eigenvalue weighted by molar-refractivity contribution is 7.98. The van der Waals surface area contributed by atoms with Gasteiger partial charge >= 0.3 is 5.97 Å². The number of thioether (sulfide) groups is 1. The van der Waals surface area contributed by atoms with Gasteiger partial charge in [0.15, 0.2) is 6.10 Å². The minimum Gasteiger partial charge on any atom is -0.451 e. The van der Waals surface area contributed by atoms with Gasteiger partial charge in [0.2, 0.25) is 0 Å². The summed E-state index contributed by atoms with van der Waals surface area (Å²) in [6, 6.07) is 11.8. The summed E-state index contributed by atoms with van der Waals surface area (Å²) >= 11 is 7.38. The molecule has 0 unspecified atom stereocenters. The zero-order valence-electron chi connectivity index (χ0n) is 17.0. The van der Waals surface area contributed by atoms with Gasteiger partial charge in [-0.15, -0.1) is 0 Å². The molecule has 3 amide bonds. The molecule has 0 radical (unpaired) electrons. The number of nitrogens with zero attached hydrogens (tertiary/aromatic N) is 1. The van der Waals surface area contributed by atoms with E-state index >= 15 is 0 Å². The molecule has 0 fully saturated rings. The Morgan fingerprint density at radius 3 is 2.32 bits per heavy atom. The first-order valence-corrected chi connectivity index (χ1v) is 11.3. The summed E-state index contributed by atoms with van der Waals surface area (Å²) in [6.07, 6.45) is 0.929. The van der Waals surface area contributed by atoms with Crippen molar-refractivity contribution in [2.24, 2.45) is 0 Å². The number of carbonyl (C=O) groups excluding carboxylic acids is 4. The van der Waals surface area contributed by atoms with Crippen LogP contribution in [-0.2, 0) is 14.3 Å². The summed E-state index contributed by atoms with van der Waals surface area (Å²) in [7, 11) is 0. The summed E-state index contributed by atoms with van der Waals surface area (Å²) in [5.74, 6) is -1.92. The predicted molar refractivity (Wildman–Crippen MR) is 119 cm³/mol. The highest BCUT2D eigenvalue weighted by Gasteiger charge is 2.43. The Labute approximate surface area is 189 Å². The van der Waals surface area contributed by atoms with E-state index in [9.17, 15) is 19.2 Å².